The lowest BCUT2D eigenvalue weighted by Crippen LogP contribution is -2.57. The third kappa shape index (κ3) is 8.00. The Morgan fingerprint density at radius 1 is 0.889 bits per heavy atom. The largest absolute Gasteiger partial charge is 0.326 e. The number of nitrogens with one attached hydrogen (secondary N) is 2. The van der Waals surface area contributed by atoms with Gasteiger partial charge in [0.15, 0.2) is 0 Å². The zero-order valence-electron chi connectivity index (χ0n) is 24.9. The van der Waals surface area contributed by atoms with E-state index >= 15 is 4.39 Å². The predicted molar refractivity (Wildman–Crippen MR) is 169 cm³/mol. The van der Waals surface area contributed by atoms with E-state index in [4.69, 9.17) is 0 Å². The lowest BCUT2D eigenvalue weighted by atomic mass is 9.88. The first-order chi connectivity index (χ1) is 21.6. The number of anilines is 1. The number of hydrogen-bond acceptors (Lipinski definition) is 4. The predicted octanol–water partition coefficient (Wildman–Crippen LogP) is 6.64. The van der Waals surface area contributed by atoms with Crippen molar-refractivity contribution in [2.45, 2.75) is 55.5 Å². The summed E-state index contributed by atoms with van der Waals surface area (Å²) in [5.41, 5.74) is 2.03. The molecular formula is C35H36F3N3O3S. The molecule has 45 heavy (non-hydrogen) atoms. The van der Waals surface area contributed by atoms with Crippen LogP contribution in [-0.4, -0.2) is 43.8 Å². The molecule has 1 saturated heterocycles. The minimum atomic E-state index is -3.71. The van der Waals surface area contributed by atoms with Crippen LogP contribution in [0.4, 0.5) is 18.9 Å². The molecule has 236 valence electrons. The molecule has 1 heterocycles. The highest BCUT2D eigenvalue weighted by Gasteiger charge is 2.35. The monoisotopic (exact) mass is 635 g/mol. The number of halogens is 3. The number of nitrogens with zero attached hydrogens (tertiary/aromatic N) is 1. The molecule has 4 aromatic carbocycles. The maximum absolute atomic E-state index is 15.1. The highest BCUT2D eigenvalue weighted by Crippen LogP contribution is 2.30. The molecule has 4 aromatic rings. The van der Waals surface area contributed by atoms with Crippen LogP contribution in [0.5, 0.6) is 0 Å². The van der Waals surface area contributed by atoms with E-state index in [2.05, 4.69) is 10.6 Å². The number of sulfonamides is 1. The van der Waals surface area contributed by atoms with Gasteiger partial charge < -0.3 is 10.6 Å². The Morgan fingerprint density at radius 3 is 2.13 bits per heavy atom. The molecule has 0 spiro atoms. The summed E-state index contributed by atoms with van der Waals surface area (Å²) in [5.74, 6) is -2.16. The SMILES string of the molecule is CC1CN(S(=O)(=O)c2ccccc2)C(CCCc2c(F)cccc2NC(=O)CC(c2ccc(F)cc2)c2ccc(F)cc2)CN1. The summed E-state index contributed by atoms with van der Waals surface area (Å²) in [6.07, 6.45) is 1.22. The van der Waals surface area contributed by atoms with Crippen molar-refractivity contribution in [1.82, 2.24) is 9.62 Å². The summed E-state index contributed by atoms with van der Waals surface area (Å²) in [6, 6.07) is 24.1. The van der Waals surface area contributed by atoms with Crippen LogP contribution in [0.15, 0.2) is 102 Å². The molecule has 0 bridgehead atoms. The molecule has 2 N–H and O–H groups in total. The van der Waals surface area contributed by atoms with Gasteiger partial charge in [0.05, 0.1) is 4.90 Å². The molecule has 2 atom stereocenters. The van der Waals surface area contributed by atoms with Crippen LogP contribution < -0.4 is 10.6 Å². The van der Waals surface area contributed by atoms with E-state index in [1.54, 1.807) is 65.0 Å². The molecule has 2 unspecified atom stereocenters. The van der Waals surface area contributed by atoms with Crippen LogP contribution in [0.2, 0.25) is 0 Å². The number of hydrogen-bond donors (Lipinski definition) is 2. The van der Waals surface area contributed by atoms with Gasteiger partial charge in [-0.3, -0.25) is 4.79 Å². The molecular weight excluding hydrogens is 599 g/mol. The van der Waals surface area contributed by atoms with Gasteiger partial charge in [0.2, 0.25) is 15.9 Å². The van der Waals surface area contributed by atoms with Crippen LogP contribution in [0.1, 0.15) is 48.8 Å². The first kappa shape index (κ1) is 32.4. The molecule has 1 aliphatic rings. The highest BCUT2D eigenvalue weighted by atomic mass is 32.2. The van der Waals surface area contributed by atoms with Crippen molar-refractivity contribution in [2.75, 3.05) is 18.4 Å². The van der Waals surface area contributed by atoms with Crippen molar-refractivity contribution in [3.8, 4) is 0 Å². The Kier molecular flexibility index (Phi) is 10.4. The smallest absolute Gasteiger partial charge is 0.243 e. The molecule has 10 heteroatoms. The number of rotatable bonds is 11. The van der Waals surface area contributed by atoms with Gasteiger partial charge in [-0.05, 0) is 85.8 Å². The first-order valence-electron chi connectivity index (χ1n) is 15.0. The number of carbonyl (C=O) groups excluding carboxylic acids is 1. The molecule has 5 rings (SSSR count). The standard InChI is InChI=1S/C35H36F3N3O3S/c1-24-23-41(45(43,44)30-8-3-2-4-9-30)29(22-39-24)7-5-10-31-33(38)11-6-12-34(31)40-35(42)21-32(25-13-17-27(36)18-14-25)26-15-19-28(37)20-16-26/h2-4,6,8-9,11-20,24,29,32,39H,5,7,10,21-23H2,1H3,(H,40,42). The summed E-state index contributed by atoms with van der Waals surface area (Å²) in [4.78, 5) is 13.6. The second kappa shape index (κ2) is 14.4. The van der Waals surface area contributed by atoms with E-state index in [0.717, 1.165) is 0 Å². The number of carbonyl (C=O) groups is 1. The Labute approximate surface area is 262 Å². The zero-order chi connectivity index (χ0) is 32.0. The zero-order valence-corrected chi connectivity index (χ0v) is 25.7. The Bertz CT molecular complexity index is 1660. The van der Waals surface area contributed by atoms with E-state index in [1.165, 1.54) is 36.4 Å². The average Bonchev–Trinajstić information content (AvgIpc) is 3.03. The number of piperazine rings is 1. The van der Waals surface area contributed by atoms with E-state index < -0.39 is 33.4 Å². The van der Waals surface area contributed by atoms with Crippen LogP contribution in [0.3, 0.4) is 0 Å². The summed E-state index contributed by atoms with van der Waals surface area (Å²) in [7, 11) is -3.71. The Balaban J connectivity index is 1.29. The van der Waals surface area contributed by atoms with Gasteiger partial charge in [0, 0.05) is 48.8 Å². The minimum absolute atomic E-state index is 0.0123. The van der Waals surface area contributed by atoms with Gasteiger partial charge in [-0.1, -0.05) is 48.5 Å². The topological polar surface area (TPSA) is 78.5 Å². The second-order valence-corrected chi connectivity index (χ2v) is 13.3. The molecule has 0 saturated carbocycles. The lowest BCUT2D eigenvalue weighted by molar-refractivity contribution is -0.116. The van der Waals surface area contributed by atoms with Gasteiger partial charge in [0.1, 0.15) is 17.5 Å². The third-order valence-corrected chi connectivity index (χ3v) is 10.1. The van der Waals surface area contributed by atoms with Gasteiger partial charge in [-0.15, -0.1) is 0 Å². The van der Waals surface area contributed by atoms with E-state index in [0.29, 0.717) is 48.3 Å². The fraction of sp³-hybridized carbons (Fsp3) is 0.286. The summed E-state index contributed by atoms with van der Waals surface area (Å²) in [5, 5.41) is 6.20. The fourth-order valence-electron chi connectivity index (χ4n) is 5.84. The van der Waals surface area contributed by atoms with Crippen molar-refractivity contribution in [3.63, 3.8) is 0 Å². The van der Waals surface area contributed by atoms with Crippen molar-refractivity contribution in [3.05, 3.63) is 131 Å². The van der Waals surface area contributed by atoms with Gasteiger partial charge in [0.25, 0.3) is 0 Å². The van der Waals surface area contributed by atoms with E-state index in [-0.39, 0.29) is 35.7 Å². The van der Waals surface area contributed by atoms with Gasteiger partial charge in [-0.2, -0.15) is 4.31 Å². The van der Waals surface area contributed by atoms with Crippen LogP contribution in [-0.2, 0) is 21.2 Å². The summed E-state index contributed by atoms with van der Waals surface area (Å²) < 4.78 is 70.9. The Morgan fingerprint density at radius 2 is 1.51 bits per heavy atom. The van der Waals surface area contributed by atoms with Crippen molar-refractivity contribution < 1.29 is 26.4 Å². The maximum atomic E-state index is 15.1. The number of benzene rings is 4. The summed E-state index contributed by atoms with van der Waals surface area (Å²) in [6.45, 7) is 2.74. The van der Waals surface area contributed by atoms with Crippen molar-refractivity contribution in [2.24, 2.45) is 0 Å². The number of amides is 1. The second-order valence-electron chi connectivity index (χ2n) is 11.4. The summed E-state index contributed by atoms with van der Waals surface area (Å²) >= 11 is 0. The molecule has 0 radical (unpaired) electrons. The quantitative estimate of drug-likeness (QED) is 0.194. The molecule has 1 fully saturated rings. The molecule has 1 aliphatic heterocycles. The van der Waals surface area contributed by atoms with Crippen LogP contribution in [0.25, 0.3) is 0 Å². The van der Waals surface area contributed by atoms with Crippen LogP contribution >= 0.6 is 0 Å². The minimum Gasteiger partial charge on any atom is -0.326 e. The Hall–Kier alpha value is -3.99. The van der Waals surface area contributed by atoms with Crippen molar-refractivity contribution in [1.29, 1.82) is 0 Å². The fourth-order valence-corrected chi connectivity index (χ4v) is 7.60. The third-order valence-electron chi connectivity index (χ3n) is 8.20. The van der Waals surface area contributed by atoms with E-state index in [9.17, 15) is 22.0 Å². The highest BCUT2D eigenvalue weighted by molar-refractivity contribution is 7.89. The average molecular weight is 636 g/mol. The molecule has 0 aliphatic carbocycles. The normalized spacial score (nSPS) is 17.4. The first-order valence-corrected chi connectivity index (χ1v) is 16.4. The molecule has 6 nitrogen and oxygen atoms in total. The van der Waals surface area contributed by atoms with Gasteiger partial charge >= 0.3 is 0 Å². The maximum Gasteiger partial charge on any atom is 0.243 e. The van der Waals surface area contributed by atoms with Crippen LogP contribution in [0, 0.1) is 17.5 Å². The lowest BCUT2D eigenvalue weighted by Gasteiger charge is -2.38. The van der Waals surface area contributed by atoms with Gasteiger partial charge in [-0.25, -0.2) is 21.6 Å². The molecule has 1 amide bonds. The molecule has 0 aromatic heterocycles. The van der Waals surface area contributed by atoms with E-state index in [1.807, 2.05) is 6.92 Å². The van der Waals surface area contributed by atoms with Crippen molar-refractivity contribution >= 4 is 21.6 Å².